The molecule has 0 bridgehead atoms. The summed E-state index contributed by atoms with van der Waals surface area (Å²) < 4.78 is 93.8. The summed E-state index contributed by atoms with van der Waals surface area (Å²) in [6.45, 7) is 8.60. The Bertz CT molecular complexity index is 514. The van der Waals surface area contributed by atoms with E-state index < -0.39 is 41.2 Å². The van der Waals surface area contributed by atoms with Gasteiger partial charge in [-0.1, -0.05) is 0 Å². The molecule has 26 heavy (non-hydrogen) atoms. The zero-order valence-corrected chi connectivity index (χ0v) is 15.0. The van der Waals surface area contributed by atoms with Gasteiger partial charge >= 0.3 is 24.0 Å². The number of halogens is 7. The fourth-order valence-electron chi connectivity index (χ4n) is 3.27. The van der Waals surface area contributed by atoms with Crippen LogP contribution in [-0.4, -0.2) is 52.8 Å². The average Bonchev–Trinajstić information content (AvgIpc) is 2.40. The van der Waals surface area contributed by atoms with Crippen LogP contribution < -0.4 is 0 Å². The molecule has 4 nitrogen and oxygen atoms in total. The first kappa shape index (κ1) is 22.9. The fourth-order valence-corrected chi connectivity index (χ4v) is 3.27. The highest BCUT2D eigenvalue weighted by atomic mass is 19.4. The number of rotatable bonds is 5. The number of esters is 1. The summed E-state index contributed by atoms with van der Waals surface area (Å²) in [6.07, 6.45) is -8.04. The van der Waals surface area contributed by atoms with Crippen LogP contribution in [0.4, 0.5) is 30.7 Å². The van der Waals surface area contributed by atoms with Gasteiger partial charge in [0.25, 0.3) is 0 Å². The number of hydrogen-bond acceptors (Lipinski definition) is 4. The molecule has 0 atom stereocenters. The minimum absolute atomic E-state index is 0.0875. The van der Waals surface area contributed by atoms with Crippen molar-refractivity contribution in [3.05, 3.63) is 0 Å². The first-order valence-electron chi connectivity index (χ1n) is 7.87. The maximum absolute atomic E-state index is 13.4. The minimum atomic E-state index is -6.59. The molecule has 0 N–H and O–H groups in total. The predicted octanol–water partition coefficient (Wildman–Crippen LogP) is 4.34. The number of ether oxygens (including phenoxy) is 1. The molecule has 0 unspecified atom stereocenters. The van der Waals surface area contributed by atoms with E-state index >= 15 is 0 Å². The van der Waals surface area contributed by atoms with Gasteiger partial charge in [-0.3, -0.25) is 4.84 Å². The van der Waals surface area contributed by atoms with Gasteiger partial charge in [-0.2, -0.15) is 35.8 Å². The summed E-state index contributed by atoms with van der Waals surface area (Å²) in [6, 6.07) is 0. The fraction of sp³-hybridized carbons (Fsp3) is 0.933. The van der Waals surface area contributed by atoms with E-state index in [-0.39, 0.29) is 12.8 Å². The number of carbonyl (C=O) groups is 1. The van der Waals surface area contributed by atoms with Crippen LogP contribution in [0.1, 0.15) is 47.5 Å². The summed E-state index contributed by atoms with van der Waals surface area (Å²) >= 11 is 0. The van der Waals surface area contributed by atoms with Crippen LogP contribution in [0.3, 0.4) is 0 Å². The summed E-state index contributed by atoms with van der Waals surface area (Å²) in [5.74, 6) is -15.5. The van der Waals surface area contributed by atoms with Gasteiger partial charge in [-0.25, -0.2) is 4.79 Å². The number of alkyl halides is 7. The lowest BCUT2D eigenvalue weighted by Gasteiger charge is -2.53. The van der Waals surface area contributed by atoms with Crippen molar-refractivity contribution in [1.29, 1.82) is 0 Å². The molecular formula is C15H22F7NO3. The van der Waals surface area contributed by atoms with Crippen molar-refractivity contribution in [2.24, 2.45) is 0 Å². The van der Waals surface area contributed by atoms with Crippen LogP contribution in [0.5, 0.6) is 0 Å². The topological polar surface area (TPSA) is 38.8 Å². The Morgan fingerprint density at radius 2 is 1.42 bits per heavy atom. The van der Waals surface area contributed by atoms with E-state index in [9.17, 15) is 35.5 Å². The second-order valence-corrected chi connectivity index (χ2v) is 7.42. The van der Waals surface area contributed by atoms with E-state index in [4.69, 9.17) is 4.84 Å². The van der Waals surface area contributed by atoms with Crippen LogP contribution in [0.25, 0.3) is 0 Å². The van der Waals surface area contributed by atoms with Crippen LogP contribution >= 0.6 is 0 Å². The third kappa shape index (κ3) is 4.08. The Balaban J connectivity index is 3.01. The number of nitrogens with zero attached hydrogens (tertiary/aromatic N) is 1. The molecule has 1 fully saturated rings. The molecule has 0 spiro atoms. The van der Waals surface area contributed by atoms with Gasteiger partial charge in [-0.15, -0.1) is 0 Å². The van der Waals surface area contributed by atoms with Gasteiger partial charge in [0.15, 0.2) is 0 Å². The van der Waals surface area contributed by atoms with Crippen LogP contribution in [-0.2, 0) is 14.4 Å². The normalized spacial score (nSPS) is 22.3. The molecule has 1 aliphatic rings. The zero-order chi connectivity index (χ0) is 20.8. The Kier molecular flexibility index (Phi) is 6.01. The van der Waals surface area contributed by atoms with Gasteiger partial charge in [-0.05, 0) is 34.6 Å². The van der Waals surface area contributed by atoms with Crippen molar-refractivity contribution >= 4 is 5.97 Å². The molecule has 0 aromatic heterocycles. The molecule has 0 aromatic rings. The van der Waals surface area contributed by atoms with Gasteiger partial charge in [0.1, 0.15) is 6.10 Å². The summed E-state index contributed by atoms with van der Waals surface area (Å²) in [7, 11) is 0. The SMILES string of the molecule is CCON1C(C)(C)CC(OC(=O)C(F)(F)C(F)(F)C(F)(F)F)CC1(C)C. The predicted molar refractivity (Wildman–Crippen MR) is 76.7 cm³/mol. The highest BCUT2D eigenvalue weighted by Gasteiger charge is 2.77. The van der Waals surface area contributed by atoms with E-state index in [0.29, 0.717) is 6.61 Å². The molecule has 1 aliphatic heterocycles. The number of hydroxylamine groups is 2. The van der Waals surface area contributed by atoms with E-state index in [2.05, 4.69) is 4.74 Å². The number of carbonyl (C=O) groups excluding carboxylic acids is 1. The molecule has 1 rings (SSSR count). The minimum Gasteiger partial charge on any atom is -0.458 e. The Morgan fingerprint density at radius 3 is 1.77 bits per heavy atom. The second-order valence-electron chi connectivity index (χ2n) is 7.42. The Hall–Kier alpha value is -1.10. The van der Waals surface area contributed by atoms with Crippen LogP contribution in [0, 0.1) is 0 Å². The first-order chi connectivity index (χ1) is 11.4. The van der Waals surface area contributed by atoms with E-state index in [1.54, 1.807) is 39.7 Å². The molecule has 0 aliphatic carbocycles. The summed E-state index contributed by atoms with van der Waals surface area (Å²) in [5, 5.41) is 1.58. The monoisotopic (exact) mass is 397 g/mol. The Labute approximate surface area is 146 Å². The van der Waals surface area contributed by atoms with Crippen LogP contribution in [0.15, 0.2) is 0 Å². The Morgan fingerprint density at radius 1 is 1.00 bits per heavy atom. The van der Waals surface area contributed by atoms with Gasteiger partial charge in [0, 0.05) is 23.9 Å². The molecule has 0 saturated carbocycles. The van der Waals surface area contributed by atoms with Crippen molar-refractivity contribution in [1.82, 2.24) is 5.06 Å². The molecule has 0 aromatic carbocycles. The number of hydrogen-bond donors (Lipinski definition) is 0. The average molecular weight is 397 g/mol. The lowest BCUT2D eigenvalue weighted by atomic mass is 9.80. The molecule has 0 radical (unpaired) electrons. The summed E-state index contributed by atoms with van der Waals surface area (Å²) in [5.41, 5.74) is -1.69. The van der Waals surface area contributed by atoms with E-state index in [1.807, 2.05) is 0 Å². The molecule has 1 heterocycles. The third-order valence-corrected chi connectivity index (χ3v) is 4.09. The van der Waals surface area contributed by atoms with E-state index in [1.165, 1.54) is 0 Å². The maximum atomic E-state index is 13.4. The van der Waals surface area contributed by atoms with Crippen molar-refractivity contribution in [2.75, 3.05) is 6.61 Å². The zero-order valence-electron chi connectivity index (χ0n) is 15.0. The second kappa shape index (κ2) is 6.81. The largest absolute Gasteiger partial charge is 0.460 e. The highest BCUT2D eigenvalue weighted by Crippen LogP contribution is 2.48. The van der Waals surface area contributed by atoms with Crippen LogP contribution in [0.2, 0.25) is 0 Å². The van der Waals surface area contributed by atoms with Crippen molar-refractivity contribution < 1.29 is 45.1 Å². The third-order valence-electron chi connectivity index (χ3n) is 4.09. The summed E-state index contributed by atoms with van der Waals surface area (Å²) in [4.78, 5) is 17.0. The number of piperidine rings is 1. The molecule has 11 heteroatoms. The maximum Gasteiger partial charge on any atom is 0.460 e. The highest BCUT2D eigenvalue weighted by molar-refractivity contribution is 5.79. The smallest absolute Gasteiger partial charge is 0.458 e. The van der Waals surface area contributed by atoms with Gasteiger partial charge in [0.05, 0.1) is 6.61 Å². The lowest BCUT2D eigenvalue weighted by Crippen LogP contribution is -2.63. The first-order valence-corrected chi connectivity index (χ1v) is 7.87. The standard InChI is InChI=1S/C15H22F7NO3/c1-6-25-23-11(2,3)7-9(8-12(23,4)5)26-10(24)13(16,17)14(18,19)15(20,21)22/h9H,6-8H2,1-5H3. The lowest BCUT2D eigenvalue weighted by molar-refractivity contribution is -0.350. The van der Waals surface area contributed by atoms with Crippen molar-refractivity contribution in [3.8, 4) is 0 Å². The molecule has 154 valence electrons. The van der Waals surface area contributed by atoms with Crippen molar-refractivity contribution in [2.45, 2.75) is 82.7 Å². The van der Waals surface area contributed by atoms with Gasteiger partial charge in [0.2, 0.25) is 0 Å². The van der Waals surface area contributed by atoms with Gasteiger partial charge < -0.3 is 4.74 Å². The molecular weight excluding hydrogens is 375 g/mol. The molecule has 1 saturated heterocycles. The quantitative estimate of drug-likeness (QED) is 0.511. The van der Waals surface area contributed by atoms with Crippen molar-refractivity contribution in [3.63, 3.8) is 0 Å². The molecule has 0 amide bonds. The van der Waals surface area contributed by atoms with E-state index in [0.717, 1.165) is 0 Å².